The van der Waals surface area contributed by atoms with Crippen LogP contribution in [0.4, 0.5) is 0 Å². The fourth-order valence-corrected chi connectivity index (χ4v) is 2.56. The molecule has 1 heterocycles. The molecule has 0 saturated heterocycles. The quantitative estimate of drug-likeness (QED) is 0.452. The molecule has 0 aliphatic heterocycles. The third kappa shape index (κ3) is 10.7. The number of pyridine rings is 1. The lowest BCUT2D eigenvalue weighted by atomic mass is 10.1. The minimum absolute atomic E-state index is 0. The van der Waals surface area contributed by atoms with Gasteiger partial charge >= 0.3 is 0 Å². The predicted molar refractivity (Wildman–Crippen MR) is 84.7 cm³/mol. The van der Waals surface area contributed by atoms with Crippen LogP contribution < -0.4 is 17.0 Å². The van der Waals surface area contributed by atoms with Gasteiger partial charge in [-0.3, -0.25) is 0 Å². The van der Waals surface area contributed by atoms with Crippen LogP contribution in [0.1, 0.15) is 70.3 Å². The summed E-state index contributed by atoms with van der Waals surface area (Å²) in [7, 11) is 0. The van der Waals surface area contributed by atoms with Crippen molar-refractivity contribution in [3.63, 3.8) is 0 Å². The molecule has 0 amide bonds. The molecule has 0 radical (unpaired) electrons. The highest BCUT2D eigenvalue weighted by Crippen LogP contribution is 2.08. The fourth-order valence-electron chi connectivity index (χ4n) is 2.56. The van der Waals surface area contributed by atoms with E-state index in [2.05, 4.69) is 36.0 Å². The van der Waals surface area contributed by atoms with Crippen molar-refractivity contribution in [1.29, 1.82) is 0 Å². The Kier molecular flexibility index (Phi) is 13.9. The molecule has 1 aromatic rings. The van der Waals surface area contributed by atoms with Crippen LogP contribution in [-0.4, -0.2) is 11.7 Å². The molecule has 0 aromatic carbocycles. The molecule has 0 fully saturated rings. The van der Waals surface area contributed by atoms with Crippen molar-refractivity contribution in [2.45, 2.75) is 77.7 Å². The van der Waals surface area contributed by atoms with Crippen molar-refractivity contribution in [3.05, 3.63) is 30.1 Å². The molecule has 0 saturated carbocycles. The maximum atomic E-state index is 8.69. The molecular weight excluding hydrogens is 282 g/mol. The first-order valence-electron chi connectivity index (χ1n) is 8.45. The van der Waals surface area contributed by atoms with Gasteiger partial charge in [0.25, 0.3) is 0 Å². The van der Waals surface area contributed by atoms with Crippen LogP contribution in [0.15, 0.2) is 24.5 Å². The zero-order valence-electron chi connectivity index (χ0n) is 13.6. The number of hydrogen-bond donors (Lipinski definition) is 1. The molecule has 0 aliphatic carbocycles. The first-order chi connectivity index (χ1) is 9.86. The second-order valence-electron chi connectivity index (χ2n) is 5.75. The van der Waals surface area contributed by atoms with Gasteiger partial charge in [0.2, 0.25) is 0 Å². The molecule has 122 valence electrons. The van der Waals surface area contributed by atoms with Crippen molar-refractivity contribution in [1.82, 2.24) is 0 Å². The number of halogens is 1. The minimum Gasteiger partial charge on any atom is -1.00 e. The standard InChI is InChI=1S/C18H32NO.ClH/c1-2-11-18-12-15-19(16-13-18)14-9-7-5-3-4-6-8-10-17-20;/h12-13,15-16,20H,2-11,14,17H2,1H3;1H/q+1;/p-1. The summed E-state index contributed by atoms with van der Waals surface area (Å²) < 4.78 is 2.31. The van der Waals surface area contributed by atoms with Crippen LogP contribution in [0.2, 0.25) is 0 Å². The van der Waals surface area contributed by atoms with Crippen molar-refractivity contribution < 1.29 is 22.1 Å². The number of aliphatic hydroxyl groups excluding tert-OH is 1. The first kappa shape index (κ1) is 20.4. The highest BCUT2D eigenvalue weighted by Gasteiger charge is 2.00. The summed E-state index contributed by atoms with van der Waals surface area (Å²) in [6.07, 6.45) is 17.0. The summed E-state index contributed by atoms with van der Waals surface area (Å²) in [5.41, 5.74) is 1.45. The van der Waals surface area contributed by atoms with Crippen LogP contribution in [0, 0.1) is 0 Å². The van der Waals surface area contributed by atoms with Crippen LogP contribution in [0.25, 0.3) is 0 Å². The van der Waals surface area contributed by atoms with E-state index in [-0.39, 0.29) is 12.4 Å². The van der Waals surface area contributed by atoms with Crippen LogP contribution in [-0.2, 0) is 13.0 Å². The average Bonchev–Trinajstić information content (AvgIpc) is 2.47. The summed E-state index contributed by atoms with van der Waals surface area (Å²) in [6, 6.07) is 4.51. The Hall–Kier alpha value is -0.600. The third-order valence-corrected chi connectivity index (χ3v) is 3.82. The Bertz CT molecular complexity index is 326. The number of nitrogens with zero attached hydrogens (tertiary/aromatic N) is 1. The maximum Gasteiger partial charge on any atom is 0.169 e. The largest absolute Gasteiger partial charge is 1.00 e. The fraction of sp³-hybridized carbons (Fsp3) is 0.722. The summed E-state index contributed by atoms with van der Waals surface area (Å²) in [5, 5.41) is 8.69. The summed E-state index contributed by atoms with van der Waals surface area (Å²) in [6.45, 7) is 3.73. The van der Waals surface area contributed by atoms with E-state index < -0.39 is 0 Å². The number of hydrogen-bond acceptors (Lipinski definition) is 1. The summed E-state index contributed by atoms with van der Waals surface area (Å²) >= 11 is 0. The van der Waals surface area contributed by atoms with Gasteiger partial charge in [-0.2, -0.15) is 0 Å². The number of aromatic nitrogens is 1. The highest BCUT2D eigenvalue weighted by molar-refractivity contribution is 5.06. The van der Waals surface area contributed by atoms with E-state index in [0.29, 0.717) is 6.61 Å². The normalized spacial score (nSPS) is 10.4. The maximum absolute atomic E-state index is 8.69. The van der Waals surface area contributed by atoms with E-state index in [4.69, 9.17) is 5.11 Å². The van der Waals surface area contributed by atoms with Crippen molar-refractivity contribution in [2.24, 2.45) is 0 Å². The van der Waals surface area contributed by atoms with E-state index >= 15 is 0 Å². The van der Waals surface area contributed by atoms with Gasteiger partial charge in [0.1, 0.15) is 6.54 Å². The molecule has 2 nitrogen and oxygen atoms in total. The molecular formula is C18H32ClNO. The van der Waals surface area contributed by atoms with Gasteiger partial charge in [-0.05, 0) is 24.8 Å². The Labute approximate surface area is 137 Å². The molecule has 0 unspecified atom stereocenters. The van der Waals surface area contributed by atoms with Gasteiger partial charge in [0, 0.05) is 25.2 Å². The van der Waals surface area contributed by atoms with Crippen molar-refractivity contribution in [2.75, 3.05) is 6.61 Å². The van der Waals surface area contributed by atoms with Gasteiger partial charge in [-0.15, -0.1) is 0 Å². The van der Waals surface area contributed by atoms with E-state index in [0.717, 1.165) is 13.0 Å². The lowest BCUT2D eigenvalue weighted by Gasteiger charge is -2.01. The van der Waals surface area contributed by atoms with E-state index in [1.54, 1.807) is 0 Å². The van der Waals surface area contributed by atoms with E-state index in [9.17, 15) is 0 Å². The molecule has 0 bridgehead atoms. The van der Waals surface area contributed by atoms with Gasteiger partial charge in [-0.1, -0.05) is 45.4 Å². The van der Waals surface area contributed by atoms with Crippen molar-refractivity contribution in [3.8, 4) is 0 Å². The molecule has 0 spiro atoms. The van der Waals surface area contributed by atoms with Gasteiger partial charge in [0.05, 0.1) is 0 Å². The molecule has 21 heavy (non-hydrogen) atoms. The lowest BCUT2D eigenvalue weighted by Crippen LogP contribution is -3.00. The molecule has 1 rings (SSSR count). The Morgan fingerprint density at radius 2 is 1.38 bits per heavy atom. The second-order valence-corrected chi connectivity index (χ2v) is 5.75. The third-order valence-electron chi connectivity index (χ3n) is 3.82. The number of aliphatic hydroxyl groups is 1. The smallest absolute Gasteiger partial charge is 0.169 e. The number of unbranched alkanes of at least 4 members (excludes halogenated alkanes) is 7. The monoisotopic (exact) mass is 313 g/mol. The topological polar surface area (TPSA) is 24.1 Å². The molecule has 1 N–H and O–H groups in total. The predicted octanol–water partition coefficient (Wildman–Crippen LogP) is 1.04. The SMILES string of the molecule is CCCc1cc[n+](CCCCCCCCCCO)cc1.[Cl-]. The average molecular weight is 314 g/mol. The zero-order chi connectivity index (χ0) is 14.5. The van der Waals surface area contributed by atoms with Crippen LogP contribution >= 0.6 is 0 Å². The number of aryl methyl sites for hydroxylation is 2. The summed E-state index contributed by atoms with van der Waals surface area (Å²) in [5.74, 6) is 0. The van der Waals surface area contributed by atoms with E-state index in [1.165, 1.54) is 63.4 Å². The van der Waals surface area contributed by atoms with Crippen LogP contribution in [0.5, 0.6) is 0 Å². The molecule has 0 aliphatic rings. The highest BCUT2D eigenvalue weighted by atomic mass is 35.5. The zero-order valence-corrected chi connectivity index (χ0v) is 14.3. The lowest BCUT2D eigenvalue weighted by molar-refractivity contribution is -0.697. The van der Waals surface area contributed by atoms with Crippen molar-refractivity contribution >= 4 is 0 Å². The summed E-state index contributed by atoms with van der Waals surface area (Å²) in [4.78, 5) is 0. The van der Waals surface area contributed by atoms with Gasteiger partial charge in [-0.25, -0.2) is 4.57 Å². The van der Waals surface area contributed by atoms with E-state index in [1.807, 2.05) is 0 Å². The van der Waals surface area contributed by atoms with Crippen LogP contribution in [0.3, 0.4) is 0 Å². The second kappa shape index (κ2) is 14.3. The molecule has 0 atom stereocenters. The molecule has 3 heteroatoms. The molecule has 1 aromatic heterocycles. The number of rotatable bonds is 12. The van der Waals surface area contributed by atoms with Gasteiger partial charge in [0.15, 0.2) is 12.4 Å². The van der Waals surface area contributed by atoms with Gasteiger partial charge < -0.3 is 17.5 Å². The Morgan fingerprint density at radius 1 is 0.857 bits per heavy atom. The minimum atomic E-state index is 0. The first-order valence-corrected chi connectivity index (χ1v) is 8.45. The Morgan fingerprint density at radius 3 is 1.90 bits per heavy atom. The Balaban J connectivity index is 0.00000400.